The molecule has 2 heteroatoms. The molecule has 124 valence electrons. The number of fused-ring (bicyclic) bond motifs is 1. The van der Waals surface area contributed by atoms with E-state index >= 15 is 0 Å². The van der Waals surface area contributed by atoms with E-state index in [2.05, 4.69) is 39.5 Å². The third-order valence-electron chi connectivity index (χ3n) is 5.53. The average molecular weight is 304 g/mol. The van der Waals surface area contributed by atoms with Crippen LogP contribution in [0.1, 0.15) is 59.8 Å². The summed E-state index contributed by atoms with van der Waals surface area (Å²) >= 11 is 0. The summed E-state index contributed by atoms with van der Waals surface area (Å²) in [5.74, 6) is 0.696. The lowest BCUT2D eigenvalue weighted by Gasteiger charge is -2.30. The Morgan fingerprint density at radius 1 is 1.36 bits per heavy atom. The monoisotopic (exact) mass is 304 g/mol. The molecule has 0 heterocycles. The summed E-state index contributed by atoms with van der Waals surface area (Å²) in [6.07, 6.45) is 8.44. The second-order valence-electron chi connectivity index (χ2n) is 7.82. The van der Waals surface area contributed by atoms with Gasteiger partial charge in [0.05, 0.1) is 11.7 Å². The van der Waals surface area contributed by atoms with E-state index in [0.29, 0.717) is 12.3 Å². The Kier molecular flexibility index (Phi) is 5.34. The van der Waals surface area contributed by atoms with Crippen molar-refractivity contribution in [2.45, 2.75) is 71.5 Å². The van der Waals surface area contributed by atoms with Gasteiger partial charge >= 0.3 is 0 Å². The highest BCUT2D eigenvalue weighted by molar-refractivity contribution is 5.24. The van der Waals surface area contributed by atoms with Crippen LogP contribution in [0.4, 0.5) is 0 Å². The third kappa shape index (κ3) is 3.72. The van der Waals surface area contributed by atoms with Crippen LogP contribution in [0.15, 0.2) is 35.5 Å². The summed E-state index contributed by atoms with van der Waals surface area (Å²) in [5, 5.41) is 21.5. The van der Waals surface area contributed by atoms with Crippen molar-refractivity contribution < 1.29 is 10.2 Å². The Morgan fingerprint density at radius 2 is 2.05 bits per heavy atom. The van der Waals surface area contributed by atoms with Crippen molar-refractivity contribution in [2.24, 2.45) is 17.8 Å². The highest BCUT2D eigenvalue weighted by Gasteiger charge is 2.43. The zero-order valence-electron chi connectivity index (χ0n) is 14.6. The fourth-order valence-corrected chi connectivity index (χ4v) is 4.07. The molecule has 1 fully saturated rings. The molecule has 0 radical (unpaired) electrons. The van der Waals surface area contributed by atoms with Gasteiger partial charge in [0.25, 0.3) is 0 Å². The maximum atomic E-state index is 10.8. The van der Waals surface area contributed by atoms with Gasteiger partial charge in [-0.05, 0) is 63.4 Å². The molecule has 2 nitrogen and oxygen atoms in total. The molecule has 2 rings (SSSR count). The van der Waals surface area contributed by atoms with Gasteiger partial charge in [-0.1, -0.05) is 43.7 Å². The largest absolute Gasteiger partial charge is 0.390 e. The van der Waals surface area contributed by atoms with Crippen molar-refractivity contribution in [1.82, 2.24) is 0 Å². The number of allylic oxidation sites excluding steroid dienone is 2. The smallest absolute Gasteiger partial charge is 0.0789 e. The van der Waals surface area contributed by atoms with Crippen LogP contribution in [0.2, 0.25) is 0 Å². The number of hydrogen-bond donors (Lipinski definition) is 2. The molecule has 0 aromatic heterocycles. The van der Waals surface area contributed by atoms with Crippen molar-refractivity contribution in [3.8, 4) is 0 Å². The van der Waals surface area contributed by atoms with Crippen LogP contribution in [0, 0.1) is 17.8 Å². The number of hydrogen-bond acceptors (Lipinski definition) is 2. The van der Waals surface area contributed by atoms with E-state index in [-0.39, 0.29) is 11.8 Å². The minimum Gasteiger partial charge on any atom is -0.390 e. The van der Waals surface area contributed by atoms with Crippen molar-refractivity contribution in [2.75, 3.05) is 0 Å². The SMILES string of the molecule is C=C1CC/C=C(\C)C[C@H](O)/C(C(C)C)=C\[C@@H]2[C@@H]1CC[C@]2(C)O. The highest BCUT2D eigenvalue weighted by atomic mass is 16.3. The molecule has 22 heavy (non-hydrogen) atoms. The van der Waals surface area contributed by atoms with Crippen molar-refractivity contribution in [3.63, 3.8) is 0 Å². The van der Waals surface area contributed by atoms with E-state index in [0.717, 1.165) is 31.3 Å². The minimum absolute atomic E-state index is 0.0745. The molecule has 0 aromatic carbocycles. The molecule has 0 spiro atoms. The summed E-state index contributed by atoms with van der Waals surface area (Å²) < 4.78 is 0. The first-order valence-electron chi connectivity index (χ1n) is 8.67. The molecule has 0 unspecified atom stereocenters. The Labute approximate surface area is 135 Å². The van der Waals surface area contributed by atoms with Crippen LogP contribution in [-0.2, 0) is 0 Å². The first-order valence-corrected chi connectivity index (χ1v) is 8.67. The standard InChI is InChI=1S/C20H32O2/c1-13(2)17-12-18-16(9-10-20(18,5)22)15(4)8-6-7-14(3)11-19(17)21/h7,12-13,16,18-19,21-22H,4,6,8-11H2,1-3,5H3/b14-7+,17-12-/t16-,18-,19+,20+/m1/s1. The normalized spacial score (nSPS) is 42.1. The van der Waals surface area contributed by atoms with Gasteiger partial charge in [0, 0.05) is 5.92 Å². The van der Waals surface area contributed by atoms with Gasteiger partial charge in [-0.3, -0.25) is 0 Å². The van der Waals surface area contributed by atoms with Crippen LogP contribution in [-0.4, -0.2) is 21.9 Å². The first kappa shape index (κ1) is 17.5. The number of rotatable bonds is 1. The quantitative estimate of drug-likeness (QED) is 0.705. The van der Waals surface area contributed by atoms with Gasteiger partial charge in [-0.15, -0.1) is 0 Å². The molecular formula is C20H32O2. The van der Waals surface area contributed by atoms with Crippen LogP contribution in [0.3, 0.4) is 0 Å². The van der Waals surface area contributed by atoms with Crippen LogP contribution >= 0.6 is 0 Å². The van der Waals surface area contributed by atoms with Gasteiger partial charge in [0.15, 0.2) is 0 Å². The van der Waals surface area contributed by atoms with E-state index in [4.69, 9.17) is 0 Å². The lowest BCUT2D eigenvalue weighted by molar-refractivity contribution is 0.0319. The number of aliphatic hydroxyl groups is 2. The topological polar surface area (TPSA) is 40.5 Å². The van der Waals surface area contributed by atoms with Gasteiger partial charge < -0.3 is 10.2 Å². The van der Waals surface area contributed by atoms with E-state index in [9.17, 15) is 10.2 Å². The van der Waals surface area contributed by atoms with Crippen molar-refractivity contribution in [3.05, 3.63) is 35.5 Å². The first-order chi connectivity index (χ1) is 10.2. The van der Waals surface area contributed by atoms with E-state index in [1.54, 1.807) is 0 Å². The van der Waals surface area contributed by atoms with Crippen LogP contribution < -0.4 is 0 Å². The Bertz CT molecular complexity index is 482. The average Bonchev–Trinajstić information content (AvgIpc) is 2.68. The summed E-state index contributed by atoms with van der Waals surface area (Å²) in [6, 6.07) is 0. The second-order valence-corrected chi connectivity index (χ2v) is 7.82. The van der Waals surface area contributed by atoms with E-state index in [1.807, 2.05) is 6.92 Å². The summed E-state index contributed by atoms with van der Waals surface area (Å²) in [4.78, 5) is 0. The van der Waals surface area contributed by atoms with Crippen LogP contribution in [0.5, 0.6) is 0 Å². The predicted molar refractivity (Wildman–Crippen MR) is 92.5 cm³/mol. The zero-order chi connectivity index (χ0) is 16.5. The van der Waals surface area contributed by atoms with Crippen molar-refractivity contribution >= 4 is 0 Å². The summed E-state index contributed by atoms with van der Waals surface area (Å²) in [5.41, 5.74) is 2.87. The molecule has 2 N–H and O–H groups in total. The maximum absolute atomic E-state index is 10.8. The molecule has 0 amide bonds. The lowest BCUT2D eigenvalue weighted by Crippen LogP contribution is -2.32. The zero-order valence-corrected chi connectivity index (χ0v) is 14.6. The fourth-order valence-electron chi connectivity index (χ4n) is 4.07. The molecule has 0 saturated heterocycles. The molecule has 0 aliphatic heterocycles. The molecular weight excluding hydrogens is 272 g/mol. The summed E-state index contributed by atoms with van der Waals surface area (Å²) in [7, 11) is 0. The fraction of sp³-hybridized carbons (Fsp3) is 0.700. The Morgan fingerprint density at radius 3 is 2.68 bits per heavy atom. The predicted octanol–water partition coefficient (Wildman–Crippen LogP) is 4.39. The molecule has 2 aliphatic rings. The van der Waals surface area contributed by atoms with E-state index in [1.165, 1.54) is 11.1 Å². The van der Waals surface area contributed by atoms with Crippen molar-refractivity contribution in [1.29, 1.82) is 0 Å². The van der Waals surface area contributed by atoms with Gasteiger partial charge in [-0.2, -0.15) is 0 Å². The third-order valence-corrected chi connectivity index (χ3v) is 5.53. The molecule has 4 atom stereocenters. The summed E-state index contributed by atoms with van der Waals surface area (Å²) in [6.45, 7) is 12.6. The molecule has 2 aliphatic carbocycles. The highest BCUT2D eigenvalue weighted by Crippen LogP contribution is 2.46. The molecule has 0 aromatic rings. The minimum atomic E-state index is -0.690. The Balaban J connectivity index is 2.44. The van der Waals surface area contributed by atoms with Gasteiger partial charge in [0.1, 0.15) is 0 Å². The van der Waals surface area contributed by atoms with Crippen LogP contribution in [0.25, 0.3) is 0 Å². The molecule has 1 saturated carbocycles. The van der Waals surface area contributed by atoms with Gasteiger partial charge in [-0.25, -0.2) is 0 Å². The molecule has 0 bridgehead atoms. The van der Waals surface area contributed by atoms with E-state index < -0.39 is 11.7 Å². The number of aliphatic hydroxyl groups excluding tert-OH is 1. The Hall–Kier alpha value is -0.860. The lowest BCUT2D eigenvalue weighted by atomic mass is 9.79. The second kappa shape index (κ2) is 6.72. The maximum Gasteiger partial charge on any atom is 0.0789 e. The van der Waals surface area contributed by atoms with Gasteiger partial charge in [0.2, 0.25) is 0 Å².